The largest absolute Gasteiger partial charge is 0.364 e. The zero-order valence-electron chi connectivity index (χ0n) is 12.9. The van der Waals surface area contributed by atoms with Crippen molar-refractivity contribution in [3.8, 4) is 22.5 Å². The van der Waals surface area contributed by atoms with Crippen LogP contribution in [0.4, 0.5) is 0 Å². The van der Waals surface area contributed by atoms with Gasteiger partial charge in [-0.25, -0.2) is 4.98 Å². The first-order chi connectivity index (χ1) is 11.8. The van der Waals surface area contributed by atoms with Crippen LogP contribution >= 0.6 is 0 Å². The summed E-state index contributed by atoms with van der Waals surface area (Å²) in [5, 5.41) is 0. The molecule has 0 fully saturated rings. The van der Waals surface area contributed by atoms with Gasteiger partial charge in [0.05, 0.1) is 16.9 Å². The molecule has 4 aromatic rings. The van der Waals surface area contributed by atoms with Crippen molar-refractivity contribution in [3.05, 3.63) is 84.7 Å². The third-order valence-electron chi connectivity index (χ3n) is 4.01. The van der Waals surface area contributed by atoms with Crippen molar-refractivity contribution in [1.29, 1.82) is 0 Å². The molecule has 0 saturated carbocycles. The topological polar surface area (TPSA) is 60.4 Å². The monoisotopic (exact) mass is 313 g/mol. The normalized spacial score (nSPS) is 10.8. The molecular weight excluding hydrogens is 298 g/mol. The summed E-state index contributed by atoms with van der Waals surface area (Å²) < 4.78 is 1.98. The maximum atomic E-state index is 12.1. The lowest BCUT2D eigenvalue weighted by Crippen LogP contribution is -2.17. The Morgan fingerprint density at radius 2 is 1.46 bits per heavy atom. The predicted octanol–water partition coefficient (Wildman–Crippen LogP) is 3.77. The Hall–Kier alpha value is -3.40. The van der Waals surface area contributed by atoms with E-state index in [4.69, 9.17) is 5.73 Å². The highest BCUT2D eigenvalue weighted by Crippen LogP contribution is 2.30. The molecule has 2 heterocycles. The van der Waals surface area contributed by atoms with Gasteiger partial charge in [-0.3, -0.25) is 4.79 Å². The summed E-state index contributed by atoms with van der Waals surface area (Å²) in [5.74, 6) is -0.540. The second-order valence-electron chi connectivity index (χ2n) is 5.52. The van der Waals surface area contributed by atoms with Crippen LogP contribution in [0.15, 0.2) is 79.0 Å². The summed E-state index contributed by atoms with van der Waals surface area (Å²) in [6.45, 7) is 0. The van der Waals surface area contributed by atoms with E-state index < -0.39 is 5.91 Å². The molecule has 4 rings (SSSR count). The number of amides is 1. The summed E-state index contributed by atoms with van der Waals surface area (Å²) in [7, 11) is 0. The molecular formula is C20H15N3O. The van der Waals surface area contributed by atoms with Crippen molar-refractivity contribution in [2.75, 3.05) is 0 Å². The molecule has 4 nitrogen and oxygen atoms in total. The predicted molar refractivity (Wildman–Crippen MR) is 94.6 cm³/mol. The molecule has 0 radical (unpaired) electrons. The van der Waals surface area contributed by atoms with Gasteiger partial charge in [0.15, 0.2) is 5.69 Å². The lowest BCUT2D eigenvalue weighted by atomic mass is 10.1. The third kappa shape index (κ3) is 2.25. The molecule has 116 valence electrons. The molecule has 0 saturated heterocycles. The van der Waals surface area contributed by atoms with Crippen LogP contribution in [0, 0.1) is 0 Å². The average molecular weight is 313 g/mol. The van der Waals surface area contributed by atoms with E-state index in [0.717, 1.165) is 22.3 Å². The second-order valence-corrected chi connectivity index (χ2v) is 5.52. The minimum atomic E-state index is -0.540. The molecule has 2 N–H and O–H groups in total. The van der Waals surface area contributed by atoms with E-state index in [-0.39, 0.29) is 5.69 Å². The Balaban J connectivity index is 2.10. The van der Waals surface area contributed by atoms with Crippen molar-refractivity contribution in [1.82, 2.24) is 9.38 Å². The van der Waals surface area contributed by atoms with Crippen molar-refractivity contribution in [3.63, 3.8) is 0 Å². The number of benzene rings is 2. The summed E-state index contributed by atoms with van der Waals surface area (Å²) in [5.41, 5.74) is 10.2. The maximum Gasteiger partial charge on any atom is 0.269 e. The van der Waals surface area contributed by atoms with E-state index in [1.165, 1.54) is 0 Å². The standard InChI is InChI=1S/C20H15N3O/c21-20(24)18-19(15-10-5-2-6-11-15)23-13-7-12-16(23)17(22-18)14-8-3-1-4-9-14/h1-13H,(H2,21,24). The number of aromatic nitrogens is 2. The Morgan fingerprint density at radius 1 is 0.833 bits per heavy atom. The quantitative estimate of drug-likeness (QED) is 0.626. The van der Waals surface area contributed by atoms with Crippen LogP contribution in [0.3, 0.4) is 0 Å². The first-order valence-electron chi connectivity index (χ1n) is 7.67. The van der Waals surface area contributed by atoms with Gasteiger partial charge in [-0.15, -0.1) is 0 Å². The van der Waals surface area contributed by atoms with Crippen LogP contribution in [0.2, 0.25) is 0 Å². The summed E-state index contributed by atoms with van der Waals surface area (Å²) in [6, 6.07) is 23.4. The maximum absolute atomic E-state index is 12.1. The van der Waals surface area contributed by atoms with Gasteiger partial charge >= 0.3 is 0 Å². The number of primary amides is 1. The third-order valence-corrected chi connectivity index (χ3v) is 4.01. The molecule has 2 aromatic heterocycles. The van der Waals surface area contributed by atoms with Crippen LogP contribution in [0.25, 0.3) is 28.0 Å². The number of carbonyl (C=O) groups is 1. The van der Waals surface area contributed by atoms with Crippen LogP contribution < -0.4 is 5.73 Å². The highest BCUT2D eigenvalue weighted by molar-refractivity contribution is 5.99. The van der Waals surface area contributed by atoms with E-state index in [1.807, 2.05) is 83.4 Å². The Bertz CT molecular complexity index is 1020. The number of carbonyl (C=O) groups excluding carboxylic acids is 1. The van der Waals surface area contributed by atoms with Gasteiger partial charge in [-0.2, -0.15) is 0 Å². The highest BCUT2D eigenvalue weighted by atomic mass is 16.1. The second kappa shape index (κ2) is 5.66. The molecule has 0 bridgehead atoms. The van der Waals surface area contributed by atoms with E-state index >= 15 is 0 Å². The van der Waals surface area contributed by atoms with Gasteiger partial charge in [-0.1, -0.05) is 60.7 Å². The zero-order chi connectivity index (χ0) is 16.5. The summed E-state index contributed by atoms with van der Waals surface area (Å²) in [4.78, 5) is 16.7. The Labute approximate surface area is 139 Å². The van der Waals surface area contributed by atoms with Crippen LogP contribution in [0.5, 0.6) is 0 Å². The fourth-order valence-corrected chi connectivity index (χ4v) is 2.96. The van der Waals surface area contributed by atoms with E-state index in [2.05, 4.69) is 4.98 Å². The van der Waals surface area contributed by atoms with Crippen LogP contribution in [-0.4, -0.2) is 15.3 Å². The van der Waals surface area contributed by atoms with Gasteiger partial charge < -0.3 is 10.1 Å². The number of nitrogens with two attached hydrogens (primary N) is 1. The summed E-state index contributed by atoms with van der Waals surface area (Å²) in [6.07, 6.45) is 1.93. The van der Waals surface area contributed by atoms with Gasteiger partial charge in [0.2, 0.25) is 0 Å². The van der Waals surface area contributed by atoms with Gasteiger partial charge in [0.1, 0.15) is 0 Å². The number of hydrogen-bond donors (Lipinski definition) is 1. The molecule has 24 heavy (non-hydrogen) atoms. The lowest BCUT2D eigenvalue weighted by molar-refractivity contribution is 0.0996. The number of fused-ring (bicyclic) bond motifs is 1. The summed E-state index contributed by atoms with van der Waals surface area (Å²) >= 11 is 0. The first kappa shape index (κ1) is 14.2. The minimum absolute atomic E-state index is 0.267. The first-order valence-corrected chi connectivity index (χ1v) is 7.67. The van der Waals surface area contributed by atoms with Crippen molar-refractivity contribution in [2.45, 2.75) is 0 Å². The average Bonchev–Trinajstić information content (AvgIpc) is 3.11. The van der Waals surface area contributed by atoms with E-state index in [1.54, 1.807) is 0 Å². The molecule has 2 aromatic carbocycles. The van der Waals surface area contributed by atoms with Gasteiger partial charge in [0, 0.05) is 17.3 Å². The molecule has 0 aliphatic carbocycles. The minimum Gasteiger partial charge on any atom is -0.364 e. The molecule has 0 unspecified atom stereocenters. The smallest absolute Gasteiger partial charge is 0.269 e. The van der Waals surface area contributed by atoms with Gasteiger partial charge in [0.25, 0.3) is 5.91 Å². The lowest BCUT2D eigenvalue weighted by Gasteiger charge is -2.14. The molecule has 1 amide bonds. The molecule has 0 atom stereocenters. The number of hydrogen-bond acceptors (Lipinski definition) is 2. The molecule has 0 aliphatic heterocycles. The van der Waals surface area contributed by atoms with Crippen LogP contribution in [0.1, 0.15) is 10.5 Å². The Morgan fingerprint density at radius 3 is 2.08 bits per heavy atom. The fourth-order valence-electron chi connectivity index (χ4n) is 2.96. The molecule has 0 aliphatic rings. The molecule has 0 spiro atoms. The fraction of sp³-hybridized carbons (Fsp3) is 0. The van der Waals surface area contributed by atoms with Gasteiger partial charge in [-0.05, 0) is 12.1 Å². The van der Waals surface area contributed by atoms with E-state index in [0.29, 0.717) is 5.69 Å². The Kier molecular flexibility index (Phi) is 3.35. The van der Waals surface area contributed by atoms with Crippen molar-refractivity contribution in [2.24, 2.45) is 5.73 Å². The SMILES string of the molecule is NC(=O)c1nc(-c2ccccc2)c2cccn2c1-c1ccccc1. The highest BCUT2D eigenvalue weighted by Gasteiger charge is 2.19. The number of nitrogens with zero attached hydrogens (tertiary/aromatic N) is 2. The van der Waals surface area contributed by atoms with Crippen molar-refractivity contribution >= 4 is 11.4 Å². The zero-order valence-corrected chi connectivity index (χ0v) is 12.9. The number of rotatable bonds is 3. The van der Waals surface area contributed by atoms with Crippen LogP contribution in [-0.2, 0) is 0 Å². The van der Waals surface area contributed by atoms with Crippen molar-refractivity contribution < 1.29 is 4.79 Å². The van der Waals surface area contributed by atoms with E-state index in [9.17, 15) is 4.79 Å². The molecule has 4 heteroatoms.